The van der Waals surface area contributed by atoms with Crippen LogP contribution in [0.5, 0.6) is 11.5 Å². The smallest absolute Gasteiger partial charge is 0.261 e. The average Bonchev–Trinajstić information content (AvgIpc) is 2.89. The summed E-state index contributed by atoms with van der Waals surface area (Å²) in [5.41, 5.74) is -0.0681. The Morgan fingerprint density at radius 1 is 1.25 bits per heavy atom. The predicted octanol–water partition coefficient (Wildman–Crippen LogP) is 2.01. The number of anilines is 1. The van der Waals surface area contributed by atoms with Crippen molar-refractivity contribution in [2.45, 2.75) is 0 Å². The number of halogens is 1. The zero-order valence-corrected chi connectivity index (χ0v) is 10.9. The number of rotatable bonds is 2. The molecule has 0 spiro atoms. The van der Waals surface area contributed by atoms with Gasteiger partial charge in [0.25, 0.3) is 11.5 Å². The number of aromatic nitrogens is 1. The van der Waals surface area contributed by atoms with Gasteiger partial charge in [0, 0.05) is 18.0 Å². The van der Waals surface area contributed by atoms with Gasteiger partial charge in [0.05, 0.1) is 5.02 Å². The van der Waals surface area contributed by atoms with E-state index in [1.165, 1.54) is 12.3 Å². The van der Waals surface area contributed by atoms with E-state index in [4.69, 9.17) is 21.1 Å². The standard InChI is InChI=1S/C13H9ClN2O4/c14-7-3-9(12(17)15-5-7)13(18)16-8-1-2-10-11(4-8)20-6-19-10/h1-5H,6H2,(H,15,17)(H,16,18). The number of benzene rings is 1. The number of carbonyl (C=O) groups excluding carboxylic acids is 1. The van der Waals surface area contributed by atoms with E-state index in [1.807, 2.05) is 0 Å². The summed E-state index contributed by atoms with van der Waals surface area (Å²) in [7, 11) is 0. The second-order valence-electron chi connectivity index (χ2n) is 4.08. The fourth-order valence-electron chi connectivity index (χ4n) is 1.80. The van der Waals surface area contributed by atoms with Gasteiger partial charge in [0.15, 0.2) is 11.5 Å². The van der Waals surface area contributed by atoms with Crippen LogP contribution in [-0.4, -0.2) is 17.7 Å². The molecule has 20 heavy (non-hydrogen) atoms. The Morgan fingerprint density at radius 2 is 2.05 bits per heavy atom. The quantitative estimate of drug-likeness (QED) is 0.887. The highest BCUT2D eigenvalue weighted by atomic mass is 35.5. The van der Waals surface area contributed by atoms with Gasteiger partial charge in [0.2, 0.25) is 6.79 Å². The molecule has 2 N–H and O–H groups in total. The second kappa shape index (κ2) is 4.90. The molecule has 3 rings (SSSR count). The molecule has 1 aromatic heterocycles. The van der Waals surface area contributed by atoms with Gasteiger partial charge < -0.3 is 19.8 Å². The Kier molecular flexibility index (Phi) is 3.08. The molecule has 0 saturated heterocycles. The van der Waals surface area contributed by atoms with Crippen LogP contribution in [0, 0.1) is 0 Å². The number of fused-ring (bicyclic) bond motifs is 1. The molecule has 2 aromatic rings. The first-order chi connectivity index (χ1) is 9.63. The monoisotopic (exact) mass is 292 g/mol. The highest BCUT2D eigenvalue weighted by Crippen LogP contribution is 2.34. The first-order valence-corrected chi connectivity index (χ1v) is 6.10. The topological polar surface area (TPSA) is 80.4 Å². The van der Waals surface area contributed by atoms with E-state index in [9.17, 15) is 9.59 Å². The van der Waals surface area contributed by atoms with Gasteiger partial charge in [0.1, 0.15) is 5.56 Å². The molecule has 0 aliphatic carbocycles. The molecule has 6 nitrogen and oxygen atoms in total. The highest BCUT2D eigenvalue weighted by molar-refractivity contribution is 6.30. The van der Waals surface area contributed by atoms with Crippen molar-refractivity contribution in [1.82, 2.24) is 4.98 Å². The van der Waals surface area contributed by atoms with Gasteiger partial charge in [-0.2, -0.15) is 0 Å². The molecule has 2 heterocycles. The lowest BCUT2D eigenvalue weighted by molar-refractivity contribution is 0.102. The number of H-pyrrole nitrogens is 1. The maximum atomic E-state index is 12.0. The van der Waals surface area contributed by atoms with Crippen molar-refractivity contribution < 1.29 is 14.3 Å². The summed E-state index contributed by atoms with van der Waals surface area (Å²) in [5.74, 6) is 0.610. The van der Waals surface area contributed by atoms with Crippen molar-refractivity contribution in [1.29, 1.82) is 0 Å². The summed E-state index contributed by atoms with van der Waals surface area (Å²) in [5, 5.41) is 2.88. The molecule has 1 aromatic carbocycles. The third kappa shape index (κ3) is 2.33. The third-order valence-corrected chi connectivity index (χ3v) is 2.96. The summed E-state index contributed by atoms with van der Waals surface area (Å²) in [4.78, 5) is 26.0. The number of amides is 1. The molecular weight excluding hydrogens is 284 g/mol. The molecule has 0 atom stereocenters. The molecule has 0 bridgehead atoms. The summed E-state index contributed by atoms with van der Waals surface area (Å²) >= 11 is 5.75. The third-order valence-electron chi connectivity index (χ3n) is 2.74. The number of hydrogen-bond donors (Lipinski definition) is 2. The molecular formula is C13H9ClN2O4. The largest absolute Gasteiger partial charge is 0.454 e. The molecule has 102 valence electrons. The number of hydrogen-bond acceptors (Lipinski definition) is 4. The molecule has 0 unspecified atom stereocenters. The summed E-state index contributed by atoms with van der Waals surface area (Å²) in [6, 6.07) is 6.27. The van der Waals surface area contributed by atoms with Crippen LogP contribution in [0.4, 0.5) is 5.69 Å². The Bertz CT molecular complexity index is 741. The summed E-state index contributed by atoms with van der Waals surface area (Å²) in [6.45, 7) is 0.153. The Balaban J connectivity index is 1.86. The van der Waals surface area contributed by atoms with Gasteiger partial charge in [-0.3, -0.25) is 9.59 Å². The molecule has 0 fully saturated rings. The minimum Gasteiger partial charge on any atom is -0.454 e. The maximum Gasteiger partial charge on any atom is 0.261 e. The van der Waals surface area contributed by atoms with E-state index in [0.29, 0.717) is 17.2 Å². The summed E-state index contributed by atoms with van der Waals surface area (Å²) in [6.07, 6.45) is 1.32. The number of nitrogens with one attached hydrogen (secondary N) is 2. The first kappa shape index (κ1) is 12.6. The van der Waals surface area contributed by atoms with Crippen LogP contribution < -0.4 is 20.3 Å². The summed E-state index contributed by atoms with van der Waals surface area (Å²) < 4.78 is 10.4. The van der Waals surface area contributed by atoms with Crippen LogP contribution in [0.2, 0.25) is 5.02 Å². The van der Waals surface area contributed by atoms with E-state index in [-0.39, 0.29) is 17.4 Å². The van der Waals surface area contributed by atoms with E-state index in [0.717, 1.165) is 0 Å². The zero-order chi connectivity index (χ0) is 14.1. The molecule has 0 radical (unpaired) electrons. The van der Waals surface area contributed by atoms with E-state index >= 15 is 0 Å². The molecule has 0 saturated carbocycles. The van der Waals surface area contributed by atoms with Crippen molar-refractivity contribution >= 4 is 23.2 Å². The lowest BCUT2D eigenvalue weighted by atomic mass is 10.2. The molecule has 7 heteroatoms. The lowest BCUT2D eigenvalue weighted by Crippen LogP contribution is -2.22. The van der Waals surface area contributed by atoms with Crippen LogP contribution in [-0.2, 0) is 0 Å². The Morgan fingerprint density at radius 3 is 2.90 bits per heavy atom. The molecule has 1 aliphatic rings. The van der Waals surface area contributed by atoms with Crippen LogP contribution in [0.1, 0.15) is 10.4 Å². The normalized spacial score (nSPS) is 12.2. The second-order valence-corrected chi connectivity index (χ2v) is 4.52. The van der Waals surface area contributed by atoms with Gasteiger partial charge >= 0.3 is 0 Å². The number of carbonyl (C=O) groups is 1. The minimum atomic E-state index is -0.549. The molecule has 1 amide bonds. The predicted molar refractivity (Wildman–Crippen MR) is 72.6 cm³/mol. The van der Waals surface area contributed by atoms with Gasteiger partial charge in [-0.25, -0.2) is 0 Å². The van der Waals surface area contributed by atoms with Crippen LogP contribution in [0.25, 0.3) is 0 Å². The van der Waals surface area contributed by atoms with Gasteiger partial charge in [-0.1, -0.05) is 11.6 Å². The lowest BCUT2D eigenvalue weighted by Gasteiger charge is -2.05. The Labute approximate surface area is 118 Å². The zero-order valence-electron chi connectivity index (χ0n) is 10.1. The van der Waals surface area contributed by atoms with Gasteiger partial charge in [-0.05, 0) is 18.2 Å². The van der Waals surface area contributed by atoms with Crippen LogP contribution in [0.3, 0.4) is 0 Å². The minimum absolute atomic E-state index is 0.0600. The van der Waals surface area contributed by atoms with E-state index in [1.54, 1.807) is 18.2 Å². The average molecular weight is 293 g/mol. The molecule has 1 aliphatic heterocycles. The fraction of sp³-hybridized carbons (Fsp3) is 0.0769. The maximum absolute atomic E-state index is 12.0. The first-order valence-electron chi connectivity index (χ1n) is 5.73. The Hall–Kier alpha value is -2.47. The fourth-order valence-corrected chi connectivity index (χ4v) is 1.96. The number of pyridine rings is 1. The SMILES string of the molecule is O=C(Nc1ccc2c(c1)OCO2)c1cc(Cl)c[nH]c1=O. The van der Waals surface area contributed by atoms with Gasteiger partial charge in [-0.15, -0.1) is 0 Å². The van der Waals surface area contributed by atoms with Crippen LogP contribution >= 0.6 is 11.6 Å². The van der Waals surface area contributed by atoms with Crippen molar-refractivity contribution in [3.8, 4) is 11.5 Å². The van der Waals surface area contributed by atoms with Crippen molar-refractivity contribution in [2.75, 3.05) is 12.1 Å². The van der Waals surface area contributed by atoms with Crippen LogP contribution in [0.15, 0.2) is 35.3 Å². The van der Waals surface area contributed by atoms with E-state index < -0.39 is 11.5 Å². The van der Waals surface area contributed by atoms with Crippen molar-refractivity contribution in [3.63, 3.8) is 0 Å². The number of aromatic amines is 1. The van der Waals surface area contributed by atoms with Crippen molar-refractivity contribution in [3.05, 3.63) is 51.4 Å². The highest BCUT2D eigenvalue weighted by Gasteiger charge is 2.16. The number of ether oxygens (including phenoxy) is 2. The van der Waals surface area contributed by atoms with E-state index in [2.05, 4.69) is 10.3 Å². The van der Waals surface area contributed by atoms with Crippen molar-refractivity contribution in [2.24, 2.45) is 0 Å².